The van der Waals surface area contributed by atoms with Gasteiger partial charge in [-0.1, -0.05) is 30.3 Å². The number of benzene rings is 2. The molecular formula is C24H26N4O2. The van der Waals surface area contributed by atoms with Crippen LogP contribution in [0.15, 0.2) is 54.6 Å². The molecule has 0 saturated carbocycles. The first kappa shape index (κ1) is 19.9. The highest BCUT2D eigenvalue weighted by Crippen LogP contribution is 2.25. The molecule has 154 valence electrons. The molecule has 1 atom stereocenters. The maximum Gasteiger partial charge on any atom is 0.247 e. The second-order valence-electron chi connectivity index (χ2n) is 7.80. The number of pyridine rings is 1. The van der Waals surface area contributed by atoms with E-state index in [-0.39, 0.29) is 11.8 Å². The Kier molecular flexibility index (Phi) is 5.65. The molecule has 1 unspecified atom stereocenters. The van der Waals surface area contributed by atoms with Gasteiger partial charge in [0.05, 0.1) is 5.52 Å². The van der Waals surface area contributed by atoms with Crippen LogP contribution in [0.3, 0.4) is 0 Å². The molecule has 1 aliphatic rings. The summed E-state index contributed by atoms with van der Waals surface area (Å²) in [7, 11) is 0. The maximum absolute atomic E-state index is 12.9. The van der Waals surface area contributed by atoms with Gasteiger partial charge in [0.1, 0.15) is 6.04 Å². The number of aromatic nitrogens is 1. The van der Waals surface area contributed by atoms with Crippen molar-refractivity contribution >= 4 is 34.1 Å². The van der Waals surface area contributed by atoms with E-state index in [1.54, 1.807) is 4.90 Å². The van der Waals surface area contributed by atoms with Gasteiger partial charge in [0, 0.05) is 35.4 Å². The predicted molar refractivity (Wildman–Crippen MR) is 119 cm³/mol. The summed E-state index contributed by atoms with van der Waals surface area (Å²) in [6, 6.07) is 16.8. The molecule has 0 aliphatic carbocycles. The summed E-state index contributed by atoms with van der Waals surface area (Å²) in [5.41, 5.74) is 10.2. The number of anilines is 2. The van der Waals surface area contributed by atoms with Crippen molar-refractivity contribution in [3.8, 4) is 0 Å². The lowest BCUT2D eigenvalue weighted by Gasteiger charge is -2.24. The number of likely N-dealkylation sites (tertiary alicyclic amines) is 1. The third-order valence-corrected chi connectivity index (χ3v) is 5.58. The van der Waals surface area contributed by atoms with Gasteiger partial charge in [0.2, 0.25) is 11.8 Å². The molecule has 6 heteroatoms. The van der Waals surface area contributed by atoms with Crippen molar-refractivity contribution in [1.82, 2.24) is 9.88 Å². The average Bonchev–Trinajstić information content (AvgIpc) is 3.23. The van der Waals surface area contributed by atoms with E-state index in [9.17, 15) is 9.59 Å². The highest BCUT2D eigenvalue weighted by molar-refractivity contribution is 6.00. The van der Waals surface area contributed by atoms with Crippen molar-refractivity contribution in [2.24, 2.45) is 0 Å². The first-order valence-corrected chi connectivity index (χ1v) is 10.3. The van der Waals surface area contributed by atoms with Crippen LogP contribution in [0.5, 0.6) is 0 Å². The van der Waals surface area contributed by atoms with Crippen molar-refractivity contribution in [3.05, 3.63) is 65.9 Å². The van der Waals surface area contributed by atoms with E-state index in [4.69, 9.17) is 5.73 Å². The first-order chi connectivity index (χ1) is 14.5. The fraction of sp³-hybridized carbons (Fsp3) is 0.292. The summed E-state index contributed by atoms with van der Waals surface area (Å²) in [6.45, 7) is 2.52. The van der Waals surface area contributed by atoms with Crippen LogP contribution >= 0.6 is 0 Å². The van der Waals surface area contributed by atoms with Gasteiger partial charge < -0.3 is 16.0 Å². The normalized spacial score (nSPS) is 16.0. The van der Waals surface area contributed by atoms with Gasteiger partial charge in [-0.25, -0.2) is 0 Å². The highest BCUT2D eigenvalue weighted by atomic mass is 16.2. The van der Waals surface area contributed by atoms with E-state index in [1.807, 2.05) is 61.5 Å². The maximum atomic E-state index is 12.9. The van der Waals surface area contributed by atoms with Crippen LogP contribution in [0.2, 0.25) is 0 Å². The monoisotopic (exact) mass is 402 g/mol. The Labute approximate surface area is 176 Å². The van der Waals surface area contributed by atoms with Crippen LogP contribution in [0, 0.1) is 6.92 Å². The van der Waals surface area contributed by atoms with Crippen LogP contribution < -0.4 is 11.1 Å². The number of fused-ring (bicyclic) bond motifs is 1. The number of amides is 2. The Hall–Kier alpha value is -3.41. The van der Waals surface area contributed by atoms with Crippen LogP contribution in [-0.4, -0.2) is 34.3 Å². The number of nitrogens with zero attached hydrogens (tertiary/aromatic N) is 2. The molecule has 0 spiro atoms. The molecule has 1 saturated heterocycles. The number of nitrogens with one attached hydrogen (secondary N) is 1. The minimum atomic E-state index is -0.433. The second kappa shape index (κ2) is 8.53. The lowest BCUT2D eigenvalue weighted by atomic mass is 10.1. The molecule has 1 aliphatic heterocycles. The average molecular weight is 402 g/mol. The van der Waals surface area contributed by atoms with Crippen LogP contribution in [-0.2, 0) is 16.0 Å². The summed E-state index contributed by atoms with van der Waals surface area (Å²) in [6.07, 6.45) is 2.61. The first-order valence-electron chi connectivity index (χ1n) is 10.3. The van der Waals surface area contributed by atoms with Crippen LogP contribution in [0.1, 0.15) is 30.5 Å². The molecule has 2 heterocycles. The largest absolute Gasteiger partial charge is 0.398 e. The summed E-state index contributed by atoms with van der Waals surface area (Å²) in [5, 5.41) is 3.77. The Morgan fingerprint density at radius 1 is 1.17 bits per heavy atom. The van der Waals surface area contributed by atoms with E-state index in [0.717, 1.165) is 28.6 Å². The van der Waals surface area contributed by atoms with Crippen molar-refractivity contribution in [3.63, 3.8) is 0 Å². The smallest absolute Gasteiger partial charge is 0.247 e. The van der Waals surface area contributed by atoms with Gasteiger partial charge in [-0.15, -0.1) is 0 Å². The molecule has 3 N–H and O–H groups in total. The Bertz CT molecular complexity index is 1080. The molecule has 30 heavy (non-hydrogen) atoms. The topological polar surface area (TPSA) is 88.3 Å². The molecule has 4 rings (SSSR count). The minimum Gasteiger partial charge on any atom is -0.398 e. The second-order valence-corrected chi connectivity index (χ2v) is 7.80. The molecule has 3 aromatic rings. The molecule has 1 fully saturated rings. The fourth-order valence-electron chi connectivity index (χ4n) is 4.07. The number of hydrogen-bond donors (Lipinski definition) is 2. The van der Waals surface area contributed by atoms with Gasteiger partial charge in [0.25, 0.3) is 0 Å². The minimum absolute atomic E-state index is 0.0268. The number of carbonyl (C=O) groups excluding carboxylic acids is 2. The zero-order valence-electron chi connectivity index (χ0n) is 17.1. The van der Waals surface area contributed by atoms with Gasteiger partial charge in [-0.05, 0) is 56.0 Å². The third-order valence-electron chi connectivity index (χ3n) is 5.58. The van der Waals surface area contributed by atoms with Crippen molar-refractivity contribution in [2.45, 2.75) is 38.6 Å². The van der Waals surface area contributed by atoms with E-state index in [0.29, 0.717) is 37.2 Å². The lowest BCUT2D eigenvalue weighted by Crippen LogP contribution is -2.43. The molecule has 6 nitrogen and oxygen atoms in total. The van der Waals surface area contributed by atoms with E-state index in [2.05, 4.69) is 10.3 Å². The van der Waals surface area contributed by atoms with Gasteiger partial charge in [0.15, 0.2) is 0 Å². The van der Waals surface area contributed by atoms with E-state index < -0.39 is 6.04 Å². The van der Waals surface area contributed by atoms with E-state index >= 15 is 0 Å². The molecule has 2 aromatic carbocycles. The van der Waals surface area contributed by atoms with Gasteiger partial charge in [-0.3, -0.25) is 14.6 Å². The Balaban J connectivity index is 1.43. The number of nitrogens with two attached hydrogens (primary N) is 1. The fourth-order valence-corrected chi connectivity index (χ4v) is 4.07. The van der Waals surface area contributed by atoms with Crippen molar-refractivity contribution in [2.75, 3.05) is 17.6 Å². The molecule has 0 bridgehead atoms. The predicted octanol–water partition coefficient (Wildman–Crippen LogP) is 3.69. The number of carbonyl (C=O) groups is 2. The number of rotatable bonds is 5. The van der Waals surface area contributed by atoms with E-state index in [1.165, 1.54) is 0 Å². The quantitative estimate of drug-likeness (QED) is 0.681. The van der Waals surface area contributed by atoms with Crippen molar-refractivity contribution < 1.29 is 9.59 Å². The Morgan fingerprint density at radius 3 is 2.77 bits per heavy atom. The zero-order valence-corrected chi connectivity index (χ0v) is 17.1. The molecule has 2 amide bonds. The SMILES string of the molecule is Cc1cc(N)c2cc(NC(=O)C3CCCN3C(=O)CCc3ccccc3)ccc2n1. The number of aryl methyl sites for hydroxylation is 2. The summed E-state index contributed by atoms with van der Waals surface area (Å²) >= 11 is 0. The number of hydrogen-bond acceptors (Lipinski definition) is 4. The highest BCUT2D eigenvalue weighted by Gasteiger charge is 2.33. The summed E-state index contributed by atoms with van der Waals surface area (Å²) in [4.78, 5) is 31.9. The lowest BCUT2D eigenvalue weighted by molar-refractivity contribution is -0.136. The zero-order chi connectivity index (χ0) is 21.1. The third kappa shape index (κ3) is 4.27. The summed E-state index contributed by atoms with van der Waals surface area (Å²) < 4.78 is 0. The Morgan fingerprint density at radius 2 is 1.97 bits per heavy atom. The standard InChI is InChI=1S/C24H26N4O2/c1-16-14-20(25)19-15-18(10-11-21(19)26-16)27-24(30)22-8-5-13-28(22)23(29)12-9-17-6-3-2-4-7-17/h2-4,6-7,10-11,14-15,22H,5,8-9,12-13H2,1H3,(H2,25,26)(H,27,30). The van der Waals surface area contributed by atoms with Crippen molar-refractivity contribution in [1.29, 1.82) is 0 Å². The van der Waals surface area contributed by atoms with Crippen LogP contribution in [0.25, 0.3) is 10.9 Å². The number of nitrogen functional groups attached to an aromatic ring is 1. The van der Waals surface area contributed by atoms with Crippen LogP contribution in [0.4, 0.5) is 11.4 Å². The molecule has 1 aromatic heterocycles. The molecule has 0 radical (unpaired) electrons. The van der Waals surface area contributed by atoms with Gasteiger partial charge in [-0.2, -0.15) is 0 Å². The van der Waals surface area contributed by atoms with Gasteiger partial charge >= 0.3 is 0 Å². The molecular weight excluding hydrogens is 376 g/mol. The summed E-state index contributed by atoms with van der Waals surface area (Å²) in [5.74, 6) is -0.127.